The van der Waals surface area contributed by atoms with E-state index in [4.69, 9.17) is 10.5 Å². The number of halogens is 3. The minimum absolute atomic E-state index is 0.0589. The molecule has 0 aromatic heterocycles. The van der Waals surface area contributed by atoms with E-state index in [1.54, 1.807) is 0 Å². The van der Waals surface area contributed by atoms with E-state index in [2.05, 4.69) is 5.32 Å². The second-order valence-electron chi connectivity index (χ2n) is 5.44. The van der Waals surface area contributed by atoms with E-state index in [0.717, 1.165) is 17.7 Å². The van der Waals surface area contributed by atoms with E-state index in [9.17, 15) is 18.0 Å². The van der Waals surface area contributed by atoms with Gasteiger partial charge in [0.05, 0.1) is 17.7 Å². The van der Waals surface area contributed by atoms with Gasteiger partial charge < -0.3 is 15.8 Å². The predicted octanol–water partition coefficient (Wildman–Crippen LogP) is 3.36. The molecule has 0 aliphatic carbocycles. The van der Waals surface area contributed by atoms with E-state index in [1.165, 1.54) is 0 Å². The first-order valence-electron chi connectivity index (χ1n) is 7.76. The molecule has 4 nitrogen and oxygen atoms in total. The number of carbonyl (C=O) groups excluding carboxylic acids is 1. The molecular formula is C18H19F3N2O2. The number of amides is 1. The summed E-state index contributed by atoms with van der Waals surface area (Å²) < 4.78 is 43.5. The Hall–Kier alpha value is -2.54. The summed E-state index contributed by atoms with van der Waals surface area (Å²) in [5.41, 5.74) is 5.10. The third-order valence-corrected chi connectivity index (χ3v) is 3.50. The number of carbonyl (C=O) groups is 1. The Kier molecular flexibility index (Phi) is 6.41. The molecule has 3 N–H and O–H groups in total. The molecule has 0 aliphatic heterocycles. The van der Waals surface area contributed by atoms with Gasteiger partial charge in [0.25, 0.3) is 5.91 Å². The Labute approximate surface area is 143 Å². The topological polar surface area (TPSA) is 64.4 Å². The molecule has 0 heterocycles. The highest BCUT2D eigenvalue weighted by atomic mass is 19.4. The van der Waals surface area contributed by atoms with Crippen LogP contribution in [-0.2, 0) is 12.7 Å². The van der Waals surface area contributed by atoms with Gasteiger partial charge in [0, 0.05) is 6.54 Å². The van der Waals surface area contributed by atoms with Crippen molar-refractivity contribution in [2.24, 2.45) is 5.73 Å². The standard InChI is InChI=1S/C18H19F3N2O2/c19-18(20,21)14-7-8-16(15(11-14)17(22)24)25-10-4-9-23-12-13-5-2-1-3-6-13/h1-3,5-8,11,23H,4,9-10,12H2,(H2,22,24). The number of hydrogen-bond acceptors (Lipinski definition) is 3. The van der Waals surface area contributed by atoms with E-state index in [1.807, 2.05) is 30.3 Å². The van der Waals surface area contributed by atoms with Gasteiger partial charge >= 0.3 is 6.18 Å². The van der Waals surface area contributed by atoms with Crippen molar-refractivity contribution < 1.29 is 22.7 Å². The van der Waals surface area contributed by atoms with Gasteiger partial charge in [0.2, 0.25) is 0 Å². The molecule has 0 aliphatic rings. The van der Waals surface area contributed by atoms with Crippen LogP contribution in [0.25, 0.3) is 0 Å². The summed E-state index contributed by atoms with van der Waals surface area (Å²) in [5, 5.41) is 3.23. The zero-order valence-corrected chi connectivity index (χ0v) is 13.5. The molecule has 0 spiro atoms. The SMILES string of the molecule is NC(=O)c1cc(C(F)(F)F)ccc1OCCCNCc1ccccc1. The van der Waals surface area contributed by atoms with Gasteiger partial charge in [-0.05, 0) is 36.7 Å². The van der Waals surface area contributed by atoms with Gasteiger partial charge in [-0.3, -0.25) is 4.79 Å². The average Bonchev–Trinajstić information content (AvgIpc) is 2.58. The summed E-state index contributed by atoms with van der Waals surface area (Å²) in [6.07, 6.45) is -3.91. The van der Waals surface area contributed by atoms with E-state index in [0.29, 0.717) is 25.6 Å². The predicted molar refractivity (Wildman–Crippen MR) is 88.2 cm³/mol. The maximum atomic E-state index is 12.7. The van der Waals surface area contributed by atoms with E-state index in [-0.39, 0.29) is 17.9 Å². The third-order valence-electron chi connectivity index (χ3n) is 3.50. The smallest absolute Gasteiger partial charge is 0.416 e. The molecule has 0 unspecified atom stereocenters. The largest absolute Gasteiger partial charge is 0.493 e. The fraction of sp³-hybridized carbons (Fsp3) is 0.278. The van der Waals surface area contributed by atoms with Crippen molar-refractivity contribution in [2.45, 2.75) is 19.1 Å². The Morgan fingerprint density at radius 2 is 1.84 bits per heavy atom. The molecule has 0 saturated heterocycles. The molecule has 134 valence electrons. The first kappa shape index (κ1) is 18.8. The Balaban J connectivity index is 1.83. The van der Waals surface area contributed by atoms with Crippen molar-refractivity contribution >= 4 is 5.91 Å². The molecule has 0 atom stereocenters. The van der Waals surface area contributed by atoms with Crippen molar-refractivity contribution in [3.05, 3.63) is 65.2 Å². The van der Waals surface area contributed by atoms with Crippen molar-refractivity contribution in [3.8, 4) is 5.75 Å². The van der Waals surface area contributed by atoms with Crippen LogP contribution in [0.2, 0.25) is 0 Å². The van der Waals surface area contributed by atoms with Crippen LogP contribution in [0.15, 0.2) is 48.5 Å². The fourth-order valence-electron chi connectivity index (χ4n) is 2.23. The zero-order chi connectivity index (χ0) is 18.3. The van der Waals surface area contributed by atoms with Gasteiger partial charge in [-0.25, -0.2) is 0 Å². The van der Waals surface area contributed by atoms with Crippen molar-refractivity contribution in [1.82, 2.24) is 5.32 Å². The van der Waals surface area contributed by atoms with E-state index >= 15 is 0 Å². The molecule has 0 fully saturated rings. The quantitative estimate of drug-likeness (QED) is 0.716. The molecule has 0 radical (unpaired) electrons. The second kappa shape index (κ2) is 8.53. The number of benzene rings is 2. The minimum atomic E-state index is -4.54. The average molecular weight is 352 g/mol. The lowest BCUT2D eigenvalue weighted by atomic mass is 10.1. The highest BCUT2D eigenvalue weighted by molar-refractivity contribution is 5.95. The first-order valence-corrected chi connectivity index (χ1v) is 7.76. The summed E-state index contributed by atoms with van der Waals surface area (Å²) in [5.74, 6) is -0.896. The summed E-state index contributed by atoms with van der Waals surface area (Å²) in [6.45, 7) is 1.64. The maximum absolute atomic E-state index is 12.7. The number of nitrogens with one attached hydrogen (secondary N) is 1. The lowest BCUT2D eigenvalue weighted by molar-refractivity contribution is -0.137. The van der Waals surface area contributed by atoms with Gasteiger partial charge in [-0.15, -0.1) is 0 Å². The second-order valence-corrected chi connectivity index (χ2v) is 5.44. The zero-order valence-electron chi connectivity index (χ0n) is 13.5. The van der Waals surface area contributed by atoms with Crippen molar-refractivity contribution in [1.29, 1.82) is 0 Å². The number of alkyl halides is 3. The van der Waals surface area contributed by atoms with Crippen LogP contribution in [0, 0.1) is 0 Å². The Bertz CT molecular complexity index is 703. The van der Waals surface area contributed by atoms with Crippen LogP contribution in [-0.4, -0.2) is 19.1 Å². The summed E-state index contributed by atoms with van der Waals surface area (Å²) in [4.78, 5) is 11.4. The lowest BCUT2D eigenvalue weighted by Crippen LogP contribution is -2.18. The number of ether oxygens (including phenoxy) is 1. The number of hydrogen-bond donors (Lipinski definition) is 2. The summed E-state index contributed by atoms with van der Waals surface area (Å²) >= 11 is 0. The lowest BCUT2D eigenvalue weighted by Gasteiger charge is -2.13. The van der Waals surface area contributed by atoms with Gasteiger partial charge in [0.15, 0.2) is 0 Å². The van der Waals surface area contributed by atoms with Crippen molar-refractivity contribution in [3.63, 3.8) is 0 Å². The van der Waals surface area contributed by atoms with Crippen LogP contribution >= 0.6 is 0 Å². The molecular weight excluding hydrogens is 333 g/mol. The highest BCUT2D eigenvalue weighted by Crippen LogP contribution is 2.32. The fourth-order valence-corrected chi connectivity index (χ4v) is 2.23. The van der Waals surface area contributed by atoms with Crippen LogP contribution in [0.1, 0.15) is 27.9 Å². The number of primary amides is 1. The Morgan fingerprint density at radius 3 is 2.48 bits per heavy atom. The van der Waals surface area contributed by atoms with Gasteiger partial charge in [-0.1, -0.05) is 30.3 Å². The molecule has 25 heavy (non-hydrogen) atoms. The van der Waals surface area contributed by atoms with Crippen LogP contribution in [0.4, 0.5) is 13.2 Å². The first-order chi connectivity index (χ1) is 11.9. The minimum Gasteiger partial charge on any atom is -0.493 e. The van der Waals surface area contributed by atoms with Crippen LogP contribution in [0.5, 0.6) is 5.75 Å². The monoisotopic (exact) mass is 352 g/mol. The van der Waals surface area contributed by atoms with Crippen molar-refractivity contribution in [2.75, 3.05) is 13.2 Å². The third kappa shape index (κ3) is 5.79. The molecule has 0 saturated carbocycles. The van der Waals surface area contributed by atoms with Gasteiger partial charge in [-0.2, -0.15) is 13.2 Å². The van der Waals surface area contributed by atoms with Crippen LogP contribution in [0.3, 0.4) is 0 Å². The molecule has 2 aromatic rings. The normalized spacial score (nSPS) is 11.3. The molecule has 2 aromatic carbocycles. The maximum Gasteiger partial charge on any atom is 0.416 e. The molecule has 1 amide bonds. The van der Waals surface area contributed by atoms with Gasteiger partial charge in [0.1, 0.15) is 5.75 Å². The van der Waals surface area contributed by atoms with Crippen LogP contribution < -0.4 is 15.8 Å². The summed E-state index contributed by atoms with van der Waals surface area (Å²) in [6, 6.07) is 12.6. The highest BCUT2D eigenvalue weighted by Gasteiger charge is 2.31. The summed E-state index contributed by atoms with van der Waals surface area (Å²) in [7, 11) is 0. The molecule has 7 heteroatoms. The number of nitrogens with two attached hydrogens (primary N) is 1. The molecule has 2 rings (SSSR count). The number of rotatable bonds is 8. The Morgan fingerprint density at radius 1 is 1.12 bits per heavy atom. The molecule has 0 bridgehead atoms. The van der Waals surface area contributed by atoms with E-state index < -0.39 is 17.6 Å².